The summed E-state index contributed by atoms with van der Waals surface area (Å²) < 4.78 is 27.3. The summed E-state index contributed by atoms with van der Waals surface area (Å²) in [7, 11) is -3.53. The van der Waals surface area contributed by atoms with Crippen LogP contribution in [0.2, 0.25) is 0 Å². The molecule has 2 bridgehead atoms. The molecular weight excluding hydrogens is 348 g/mol. The van der Waals surface area contributed by atoms with Gasteiger partial charge in [0.2, 0.25) is 15.9 Å². The fourth-order valence-electron chi connectivity index (χ4n) is 4.96. The lowest BCUT2D eigenvalue weighted by Gasteiger charge is -2.33. The summed E-state index contributed by atoms with van der Waals surface area (Å²) in [5.41, 5.74) is 1.03. The molecule has 1 aromatic rings. The van der Waals surface area contributed by atoms with Crippen LogP contribution in [0.25, 0.3) is 0 Å². The van der Waals surface area contributed by atoms with Crippen LogP contribution in [0.5, 0.6) is 0 Å². The molecule has 0 spiro atoms. The molecule has 1 amide bonds. The number of carbonyl (C=O) groups is 1. The van der Waals surface area contributed by atoms with Crippen molar-refractivity contribution in [2.24, 2.45) is 17.8 Å². The van der Waals surface area contributed by atoms with Crippen LogP contribution >= 0.6 is 0 Å². The second-order valence-corrected chi connectivity index (χ2v) is 10.2. The van der Waals surface area contributed by atoms with Gasteiger partial charge in [0.25, 0.3) is 0 Å². The Morgan fingerprint density at radius 2 is 1.88 bits per heavy atom. The van der Waals surface area contributed by atoms with Crippen LogP contribution in [0.3, 0.4) is 0 Å². The van der Waals surface area contributed by atoms with Gasteiger partial charge in [-0.3, -0.25) is 4.79 Å². The first-order chi connectivity index (χ1) is 12.4. The van der Waals surface area contributed by atoms with Gasteiger partial charge in [-0.2, -0.15) is 4.31 Å². The molecule has 1 heterocycles. The lowest BCUT2D eigenvalue weighted by atomic mass is 9.93. The molecule has 1 aromatic carbocycles. The molecule has 142 valence electrons. The molecule has 0 aromatic heterocycles. The minimum Gasteiger partial charge on any atom is -0.353 e. The molecule has 2 aliphatic carbocycles. The Hall–Kier alpha value is -1.40. The van der Waals surface area contributed by atoms with E-state index in [0.29, 0.717) is 29.9 Å². The van der Waals surface area contributed by atoms with Crippen LogP contribution in [0.4, 0.5) is 0 Å². The van der Waals surface area contributed by atoms with E-state index < -0.39 is 10.0 Å². The van der Waals surface area contributed by atoms with Gasteiger partial charge in [-0.1, -0.05) is 24.1 Å². The number of rotatable bonds is 4. The second kappa shape index (κ2) is 6.97. The molecule has 1 N–H and O–H groups in total. The van der Waals surface area contributed by atoms with Crippen LogP contribution in [-0.4, -0.2) is 37.8 Å². The number of nitrogens with one attached hydrogen (secondary N) is 1. The van der Waals surface area contributed by atoms with Crippen molar-refractivity contribution >= 4 is 15.9 Å². The minimum atomic E-state index is -3.53. The Morgan fingerprint density at radius 1 is 1.12 bits per heavy atom. The van der Waals surface area contributed by atoms with E-state index in [9.17, 15) is 13.2 Å². The summed E-state index contributed by atoms with van der Waals surface area (Å²) in [5, 5.41) is 3.24. The highest BCUT2D eigenvalue weighted by atomic mass is 32.2. The van der Waals surface area contributed by atoms with Gasteiger partial charge in [-0.05, 0) is 63.0 Å². The lowest BCUT2D eigenvalue weighted by Crippen LogP contribution is -2.48. The summed E-state index contributed by atoms with van der Waals surface area (Å²) in [6.07, 6.45) is 6.40. The Morgan fingerprint density at radius 3 is 2.54 bits per heavy atom. The van der Waals surface area contributed by atoms with Gasteiger partial charge in [0.1, 0.15) is 0 Å². The largest absolute Gasteiger partial charge is 0.353 e. The van der Waals surface area contributed by atoms with E-state index in [-0.39, 0.29) is 11.8 Å². The first-order valence-electron chi connectivity index (χ1n) is 9.80. The predicted molar refractivity (Wildman–Crippen MR) is 100 cm³/mol. The van der Waals surface area contributed by atoms with Gasteiger partial charge >= 0.3 is 0 Å². The number of sulfonamides is 1. The topological polar surface area (TPSA) is 66.5 Å². The fraction of sp³-hybridized carbons (Fsp3) is 0.650. The van der Waals surface area contributed by atoms with E-state index in [2.05, 4.69) is 5.32 Å². The summed E-state index contributed by atoms with van der Waals surface area (Å²) in [6.45, 7) is 2.73. The van der Waals surface area contributed by atoms with E-state index >= 15 is 0 Å². The van der Waals surface area contributed by atoms with Gasteiger partial charge in [0.15, 0.2) is 0 Å². The van der Waals surface area contributed by atoms with Crippen LogP contribution in [-0.2, 0) is 14.8 Å². The van der Waals surface area contributed by atoms with Crippen molar-refractivity contribution in [3.05, 3.63) is 29.8 Å². The molecule has 1 aliphatic heterocycles. The molecule has 6 heteroatoms. The predicted octanol–water partition coefficient (Wildman–Crippen LogP) is 2.70. The van der Waals surface area contributed by atoms with Crippen LogP contribution in [0.1, 0.15) is 44.1 Å². The monoisotopic (exact) mass is 376 g/mol. The fourth-order valence-corrected chi connectivity index (χ4v) is 6.48. The Balaban J connectivity index is 1.42. The van der Waals surface area contributed by atoms with Crippen LogP contribution in [0, 0.1) is 24.7 Å². The number of amides is 1. The summed E-state index contributed by atoms with van der Waals surface area (Å²) in [6, 6.07) is 7.25. The maximum Gasteiger partial charge on any atom is 0.243 e. The molecular formula is C20H28N2O3S. The zero-order valence-corrected chi connectivity index (χ0v) is 16.2. The summed E-state index contributed by atoms with van der Waals surface area (Å²) >= 11 is 0. The molecule has 5 nitrogen and oxygen atoms in total. The lowest BCUT2D eigenvalue weighted by molar-refractivity contribution is -0.127. The first kappa shape index (κ1) is 18.0. The Kier molecular flexibility index (Phi) is 4.82. The third kappa shape index (κ3) is 3.41. The van der Waals surface area contributed by atoms with Crippen molar-refractivity contribution in [3.8, 4) is 0 Å². The van der Waals surface area contributed by atoms with Gasteiger partial charge in [0.05, 0.1) is 10.8 Å². The van der Waals surface area contributed by atoms with Gasteiger partial charge in [-0.25, -0.2) is 8.42 Å². The van der Waals surface area contributed by atoms with Gasteiger partial charge in [0, 0.05) is 19.1 Å². The summed E-state index contributed by atoms with van der Waals surface area (Å²) in [4.78, 5) is 13.1. The highest BCUT2D eigenvalue weighted by molar-refractivity contribution is 7.89. The normalized spacial score (nSPS) is 31.9. The van der Waals surface area contributed by atoms with Crippen molar-refractivity contribution in [1.29, 1.82) is 0 Å². The van der Waals surface area contributed by atoms with E-state index in [1.54, 1.807) is 12.1 Å². The molecule has 3 aliphatic rings. The molecule has 4 rings (SSSR count). The zero-order chi connectivity index (χ0) is 18.3. The van der Waals surface area contributed by atoms with E-state index in [0.717, 1.165) is 30.7 Å². The standard InChI is InChI=1S/C20H28N2O3S/c1-14-4-8-18(9-5-14)26(24,25)22-10-2-3-17(13-22)20(23)21-19-12-15-6-7-16(19)11-15/h4-5,8-9,15-17,19H,2-3,6-7,10-13H2,1H3,(H,21,23)/t15-,16-,17+,19-/m1/s1. The number of fused-ring (bicyclic) bond motifs is 2. The minimum absolute atomic E-state index is 0.0476. The van der Waals surface area contributed by atoms with Crippen molar-refractivity contribution in [2.75, 3.05) is 13.1 Å². The average Bonchev–Trinajstić information content (AvgIpc) is 3.25. The Labute approximate surface area is 156 Å². The Bertz CT molecular complexity index is 775. The quantitative estimate of drug-likeness (QED) is 0.879. The number of hydrogen-bond acceptors (Lipinski definition) is 3. The van der Waals surface area contributed by atoms with Crippen LogP contribution < -0.4 is 5.32 Å². The molecule has 3 fully saturated rings. The van der Waals surface area contributed by atoms with Gasteiger partial charge in [-0.15, -0.1) is 0 Å². The second-order valence-electron chi connectivity index (χ2n) is 8.31. The van der Waals surface area contributed by atoms with Crippen molar-refractivity contribution in [2.45, 2.75) is 56.4 Å². The van der Waals surface area contributed by atoms with Crippen molar-refractivity contribution in [1.82, 2.24) is 9.62 Å². The molecule has 26 heavy (non-hydrogen) atoms. The van der Waals surface area contributed by atoms with Crippen molar-refractivity contribution in [3.63, 3.8) is 0 Å². The first-order valence-corrected chi connectivity index (χ1v) is 11.2. The molecule has 2 saturated carbocycles. The SMILES string of the molecule is Cc1ccc(S(=O)(=O)N2CCC[C@H](C(=O)N[C@@H]3C[C@@H]4CC[C@@H]3C4)C2)cc1. The number of carbonyl (C=O) groups excluding carboxylic acids is 1. The number of aryl methyl sites for hydroxylation is 1. The highest BCUT2D eigenvalue weighted by Crippen LogP contribution is 2.44. The number of piperidine rings is 1. The average molecular weight is 377 g/mol. The zero-order valence-electron chi connectivity index (χ0n) is 15.4. The van der Waals surface area contributed by atoms with Gasteiger partial charge < -0.3 is 5.32 Å². The maximum atomic E-state index is 12.9. The van der Waals surface area contributed by atoms with E-state index in [1.165, 1.54) is 23.6 Å². The van der Waals surface area contributed by atoms with Crippen molar-refractivity contribution < 1.29 is 13.2 Å². The highest BCUT2D eigenvalue weighted by Gasteiger charge is 2.41. The molecule has 0 unspecified atom stereocenters. The third-order valence-electron chi connectivity index (χ3n) is 6.48. The van der Waals surface area contributed by atoms with Crippen LogP contribution in [0.15, 0.2) is 29.2 Å². The third-order valence-corrected chi connectivity index (χ3v) is 8.36. The maximum absolute atomic E-state index is 12.9. The molecule has 1 saturated heterocycles. The van der Waals surface area contributed by atoms with E-state index in [4.69, 9.17) is 0 Å². The smallest absolute Gasteiger partial charge is 0.243 e. The number of benzene rings is 1. The number of hydrogen-bond donors (Lipinski definition) is 1. The van der Waals surface area contributed by atoms with E-state index in [1.807, 2.05) is 19.1 Å². The molecule has 0 radical (unpaired) electrons. The number of nitrogens with zero attached hydrogens (tertiary/aromatic N) is 1. The molecule has 4 atom stereocenters. The summed E-state index contributed by atoms with van der Waals surface area (Å²) in [5.74, 6) is 1.24.